The van der Waals surface area contributed by atoms with E-state index in [4.69, 9.17) is 20.5 Å². The van der Waals surface area contributed by atoms with Gasteiger partial charge in [-0.1, -0.05) is 0 Å². The van der Waals surface area contributed by atoms with Gasteiger partial charge in [0.2, 0.25) is 11.8 Å². The van der Waals surface area contributed by atoms with Crippen molar-refractivity contribution in [3.8, 4) is 0 Å². The Kier molecular flexibility index (Phi) is 8.97. The molecule has 0 saturated heterocycles. The maximum atomic E-state index is 11.8. The smallest absolute Gasteiger partial charge is 0.397 e. The predicted molar refractivity (Wildman–Crippen MR) is 79.5 cm³/mol. The van der Waals surface area contributed by atoms with Crippen molar-refractivity contribution in [3.05, 3.63) is 0 Å². The molecule has 0 heterocycles. The van der Waals surface area contributed by atoms with E-state index in [0.29, 0.717) is 0 Å². The molecule has 2 amide bonds. The molecule has 0 aromatic heterocycles. The van der Waals surface area contributed by atoms with Gasteiger partial charge in [-0.05, 0) is 13.3 Å². The number of carbonyl (C=O) groups is 4. The van der Waals surface area contributed by atoms with E-state index >= 15 is 0 Å². The van der Waals surface area contributed by atoms with Crippen LogP contribution in [0.4, 0.5) is 0 Å². The van der Waals surface area contributed by atoms with E-state index in [0.717, 1.165) is 0 Å². The number of rotatable bonds is 11. The zero-order chi connectivity index (χ0) is 19.8. The lowest BCUT2D eigenvalue weighted by Gasteiger charge is -2.18. The molecule has 0 aliphatic heterocycles. The zero-order valence-corrected chi connectivity index (χ0v) is 13.9. The van der Waals surface area contributed by atoms with Crippen molar-refractivity contribution in [2.24, 2.45) is 5.73 Å². The van der Waals surface area contributed by atoms with Gasteiger partial charge >= 0.3 is 22.3 Å². The normalized spacial score (nSPS) is 14.8. The number of carboxylic acid groups (broad SMARTS) is 2. The first-order valence-corrected chi connectivity index (χ1v) is 8.12. The van der Waals surface area contributed by atoms with Gasteiger partial charge in [-0.25, -0.2) is 8.98 Å². The van der Waals surface area contributed by atoms with Gasteiger partial charge in [-0.15, -0.1) is 0 Å². The second-order valence-corrected chi connectivity index (χ2v) is 5.98. The van der Waals surface area contributed by atoms with Crippen molar-refractivity contribution in [2.75, 3.05) is 6.61 Å². The van der Waals surface area contributed by atoms with E-state index in [-0.39, 0.29) is 12.8 Å². The number of aliphatic carboxylic acids is 2. The standard InChI is InChI=1S/C11H19N3O10S/c1-5(13-8(15)3-2-6(12)10(17)18)9(16)14-7(11(19)20)4-24-25(21,22)23/h5-7H,2-4,12H2,1H3,(H,13,15)(H,14,16)(H,17,18)(H,19,20)(H,21,22,23)/t5-,6-,7-/m0/s1. The second kappa shape index (κ2) is 9.87. The first-order valence-electron chi connectivity index (χ1n) is 6.76. The highest BCUT2D eigenvalue weighted by molar-refractivity contribution is 7.80. The Hall–Kier alpha value is -2.29. The minimum atomic E-state index is -4.89. The van der Waals surface area contributed by atoms with Crippen LogP contribution in [-0.4, -0.2) is 71.7 Å². The average molecular weight is 385 g/mol. The van der Waals surface area contributed by atoms with Gasteiger partial charge in [-0.3, -0.25) is 18.9 Å². The minimum absolute atomic E-state index is 0.171. The van der Waals surface area contributed by atoms with Crippen molar-refractivity contribution in [1.29, 1.82) is 0 Å². The zero-order valence-electron chi connectivity index (χ0n) is 13.0. The first kappa shape index (κ1) is 22.7. The lowest BCUT2D eigenvalue weighted by molar-refractivity contribution is -0.143. The molecular weight excluding hydrogens is 366 g/mol. The Balaban J connectivity index is 4.52. The summed E-state index contributed by atoms with van der Waals surface area (Å²) >= 11 is 0. The highest BCUT2D eigenvalue weighted by Crippen LogP contribution is 1.97. The van der Waals surface area contributed by atoms with Crippen LogP contribution in [0.5, 0.6) is 0 Å². The molecule has 0 spiro atoms. The number of hydrogen-bond acceptors (Lipinski definition) is 8. The summed E-state index contributed by atoms with van der Waals surface area (Å²) in [6, 6.07) is -4.25. The van der Waals surface area contributed by atoms with Crippen LogP contribution < -0.4 is 16.4 Å². The molecule has 13 nitrogen and oxygen atoms in total. The molecule has 0 unspecified atom stereocenters. The van der Waals surface area contributed by atoms with Crippen LogP contribution >= 0.6 is 0 Å². The maximum Gasteiger partial charge on any atom is 0.397 e. The maximum absolute atomic E-state index is 11.8. The Labute approximate surface area is 142 Å². The van der Waals surface area contributed by atoms with Crippen LogP contribution in [0.25, 0.3) is 0 Å². The van der Waals surface area contributed by atoms with Crippen LogP contribution in [0.1, 0.15) is 19.8 Å². The largest absolute Gasteiger partial charge is 0.480 e. The van der Waals surface area contributed by atoms with E-state index in [1.807, 2.05) is 5.32 Å². The highest BCUT2D eigenvalue weighted by Gasteiger charge is 2.26. The van der Waals surface area contributed by atoms with Crippen LogP contribution in [0, 0.1) is 0 Å². The second-order valence-electron chi connectivity index (χ2n) is 4.88. The fourth-order valence-corrected chi connectivity index (χ4v) is 1.72. The molecule has 0 aliphatic carbocycles. The number of nitrogens with two attached hydrogens (primary N) is 1. The Morgan fingerprint density at radius 1 is 1.12 bits per heavy atom. The van der Waals surface area contributed by atoms with Gasteiger partial charge in [0.1, 0.15) is 12.1 Å². The molecule has 0 aliphatic rings. The summed E-state index contributed by atoms with van der Waals surface area (Å²) < 4.78 is 33.1. The van der Waals surface area contributed by atoms with Crippen molar-refractivity contribution in [1.82, 2.24) is 10.6 Å². The summed E-state index contributed by atoms with van der Waals surface area (Å²) in [5.41, 5.74) is 5.22. The van der Waals surface area contributed by atoms with E-state index < -0.39 is 58.9 Å². The topological polar surface area (TPSA) is 222 Å². The summed E-state index contributed by atoms with van der Waals surface area (Å²) in [6.07, 6.45) is -0.450. The number of amides is 2. The van der Waals surface area contributed by atoms with Gasteiger partial charge in [0.05, 0.1) is 6.61 Å². The Morgan fingerprint density at radius 2 is 1.68 bits per heavy atom. The molecule has 0 aromatic carbocycles. The molecular formula is C11H19N3O10S. The lowest BCUT2D eigenvalue weighted by Crippen LogP contribution is -2.52. The van der Waals surface area contributed by atoms with Crippen molar-refractivity contribution < 1.29 is 46.5 Å². The van der Waals surface area contributed by atoms with Crippen molar-refractivity contribution in [3.63, 3.8) is 0 Å². The quantitative estimate of drug-likeness (QED) is 0.197. The minimum Gasteiger partial charge on any atom is -0.480 e. The molecule has 0 radical (unpaired) electrons. The van der Waals surface area contributed by atoms with Gasteiger partial charge in [-0.2, -0.15) is 8.42 Å². The van der Waals surface area contributed by atoms with Gasteiger partial charge in [0.25, 0.3) is 0 Å². The van der Waals surface area contributed by atoms with Crippen molar-refractivity contribution >= 4 is 34.2 Å². The average Bonchev–Trinajstić information content (AvgIpc) is 2.47. The third-order valence-corrected chi connectivity index (χ3v) is 3.20. The fourth-order valence-electron chi connectivity index (χ4n) is 1.41. The summed E-state index contributed by atoms with van der Waals surface area (Å²) in [7, 11) is -4.89. The third kappa shape index (κ3) is 10.2. The molecule has 144 valence electrons. The predicted octanol–water partition coefficient (Wildman–Crippen LogP) is -2.93. The molecule has 0 rings (SSSR count). The Morgan fingerprint density at radius 3 is 2.12 bits per heavy atom. The Bertz CT molecular complexity index is 620. The molecule has 7 N–H and O–H groups in total. The molecule has 25 heavy (non-hydrogen) atoms. The van der Waals surface area contributed by atoms with Crippen LogP contribution in [0.15, 0.2) is 0 Å². The highest BCUT2D eigenvalue weighted by atomic mass is 32.3. The van der Waals surface area contributed by atoms with Crippen LogP contribution in [0.2, 0.25) is 0 Å². The molecule has 0 aromatic rings. The van der Waals surface area contributed by atoms with Gasteiger partial charge in [0, 0.05) is 6.42 Å². The van der Waals surface area contributed by atoms with Gasteiger partial charge in [0.15, 0.2) is 6.04 Å². The monoisotopic (exact) mass is 385 g/mol. The third-order valence-electron chi connectivity index (χ3n) is 2.77. The van der Waals surface area contributed by atoms with E-state index in [1.165, 1.54) is 6.92 Å². The molecule has 14 heteroatoms. The lowest BCUT2D eigenvalue weighted by atomic mass is 10.1. The number of nitrogens with one attached hydrogen (secondary N) is 2. The van der Waals surface area contributed by atoms with Gasteiger partial charge < -0.3 is 26.6 Å². The number of hydrogen-bond donors (Lipinski definition) is 6. The summed E-state index contributed by atoms with van der Waals surface area (Å²) in [4.78, 5) is 44.8. The SMILES string of the molecule is C[C@H](NC(=O)CC[C@H](N)C(=O)O)C(=O)N[C@@H](COS(=O)(=O)O)C(=O)O. The molecule has 0 fully saturated rings. The summed E-state index contributed by atoms with van der Waals surface area (Å²) in [5.74, 6) is -4.59. The van der Waals surface area contributed by atoms with Crippen molar-refractivity contribution in [2.45, 2.75) is 37.9 Å². The number of carbonyl (C=O) groups excluding carboxylic acids is 2. The molecule has 3 atom stereocenters. The first-order chi connectivity index (χ1) is 11.3. The van der Waals surface area contributed by atoms with Crippen LogP contribution in [-0.2, 0) is 33.8 Å². The number of carboxylic acids is 2. The summed E-state index contributed by atoms with van der Waals surface area (Å²) in [6.45, 7) is 0.154. The summed E-state index contributed by atoms with van der Waals surface area (Å²) in [5, 5.41) is 21.5. The van der Waals surface area contributed by atoms with E-state index in [9.17, 15) is 27.6 Å². The fraction of sp³-hybridized carbons (Fsp3) is 0.636. The van der Waals surface area contributed by atoms with Crippen LogP contribution in [0.3, 0.4) is 0 Å². The van der Waals surface area contributed by atoms with E-state index in [1.54, 1.807) is 0 Å². The van der Waals surface area contributed by atoms with E-state index in [2.05, 4.69) is 9.50 Å². The molecule has 0 saturated carbocycles. The molecule has 0 bridgehead atoms.